The second kappa shape index (κ2) is 5.91. The van der Waals surface area contributed by atoms with Crippen LogP contribution in [0.2, 0.25) is 0 Å². The molecule has 4 nitrogen and oxygen atoms in total. The first-order chi connectivity index (χ1) is 8.93. The lowest BCUT2D eigenvalue weighted by atomic mass is 9.83. The summed E-state index contributed by atoms with van der Waals surface area (Å²) in [5, 5.41) is 0. The molecule has 0 aromatic heterocycles. The molecule has 1 heterocycles. The number of hydrogen-bond acceptors (Lipinski definition) is 3. The number of halogens is 1. The van der Waals surface area contributed by atoms with Gasteiger partial charge in [-0.15, -0.1) is 0 Å². The van der Waals surface area contributed by atoms with Crippen LogP contribution < -0.4 is 4.72 Å². The maximum atomic E-state index is 12.3. The zero-order valence-electron chi connectivity index (χ0n) is 10.9. The van der Waals surface area contributed by atoms with E-state index in [2.05, 4.69) is 27.6 Å². The van der Waals surface area contributed by atoms with Gasteiger partial charge in [-0.1, -0.05) is 19.1 Å². The van der Waals surface area contributed by atoms with Crippen molar-refractivity contribution in [2.45, 2.75) is 24.7 Å². The Morgan fingerprint density at radius 1 is 1.32 bits per heavy atom. The van der Waals surface area contributed by atoms with E-state index < -0.39 is 10.0 Å². The molecule has 1 aromatic rings. The summed E-state index contributed by atoms with van der Waals surface area (Å²) >= 11 is 3.27. The Morgan fingerprint density at radius 3 is 2.58 bits per heavy atom. The predicted molar refractivity (Wildman–Crippen MR) is 77.5 cm³/mol. The first-order valence-electron chi connectivity index (χ1n) is 6.25. The van der Waals surface area contributed by atoms with Crippen LogP contribution in [0.3, 0.4) is 0 Å². The number of nitrogens with one attached hydrogen (secondary N) is 1. The molecule has 1 saturated heterocycles. The van der Waals surface area contributed by atoms with Crippen LogP contribution >= 0.6 is 15.9 Å². The topological polar surface area (TPSA) is 55.4 Å². The molecule has 0 aliphatic carbocycles. The van der Waals surface area contributed by atoms with Crippen LogP contribution in [-0.2, 0) is 14.8 Å². The van der Waals surface area contributed by atoms with Gasteiger partial charge in [-0.25, -0.2) is 13.1 Å². The van der Waals surface area contributed by atoms with E-state index in [0.717, 1.165) is 12.8 Å². The molecule has 19 heavy (non-hydrogen) atoms. The SMILES string of the molecule is CC1(CNS(=O)(=O)c2ccccc2Br)CCOCC1. The zero-order valence-corrected chi connectivity index (χ0v) is 13.3. The summed E-state index contributed by atoms with van der Waals surface area (Å²) < 4.78 is 33.1. The highest BCUT2D eigenvalue weighted by atomic mass is 79.9. The number of hydrogen-bond donors (Lipinski definition) is 1. The van der Waals surface area contributed by atoms with Crippen molar-refractivity contribution in [2.24, 2.45) is 5.41 Å². The van der Waals surface area contributed by atoms with Crippen molar-refractivity contribution in [1.29, 1.82) is 0 Å². The number of ether oxygens (including phenoxy) is 1. The van der Waals surface area contributed by atoms with Crippen LogP contribution in [0, 0.1) is 5.41 Å². The summed E-state index contributed by atoms with van der Waals surface area (Å²) in [7, 11) is -3.47. The van der Waals surface area contributed by atoms with Crippen molar-refractivity contribution in [2.75, 3.05) is 19.8 Å². The molecule has 0 spiro atoms. The Morgan fingerprint density at radius 2 is 1.95 bits per heavy atom. The second-order valence-corrected chi connectivity index (χ2v) is 7.77. The van der Waals surface area contributed by atoms with Crippen molar-refractivity contribution >= 4 is 26.0 Å². The first-order valence-corrected chi connectivity index (χ1v) is 8.53. The lowest BCUT2D eigenvalue weighted by Gasteiger charge is -2.33. The van der Waals surface area contributed by atoms with E-state index in [1.165, 1.54) is 0 Å². The molecular weight excluding hydrogens is 330 g/mol. The Kier molecular flexibility index (Phi) is 4.66. The average molecular weight is 348 g/mol. The lowest BCUT2D eigenvalue weighted by molar-refractivity contribution is 0.0264. The van der Waals surface area contributed by atoms with Gasteiger partial charge in [0.25, 0.3) is 0 Å². The van der Waals surface area contributed by atoms with Crippen LogP contribution in [0.4, 0.5) is 0 Å². The van der Waals surface area contributed by atoms with E-state index in [0.29, 0.717) is 24.2 Å². The van der Waals surface area contributed by atoms with Gasteiger partial charge in [0.05, 0.1) is 4.90 Å². The van der Waals surface area contributed by atoms with Gasteiger partial charge in [0.15, 0.2) is 0 Å². The Labute approximate surface area is 122 Å². The number of rotatable bonds is 4. The summed E-state index contributed by atoms with van der Waals surface area (Å²) in [5.74, 6) is 0. The van der Waals surface area contributed by atoms with Gasteiger partial charge in [0.2, 0.25) is 10.0 Å². The van der Waals surface area contributed by atoms with Gasteiger partial charge in [0, 0.05) is 24.2 Å². The maximum absolute atomic E-state index is 12.3. The van der Waals surface area contributed by atoms with Gasteiger partial charge in [-0.2, -0.15) is 0 Å². The van der Waals surface area contributed by atoms with Crippen molar-refractivity contribution in [1.82, 2.24) is 4.72 Å². The van der Waals surface area contributed by atoms with E-state index in [4.69, 9.17) is 4.74 Å². The zero-order chi connectivity index (χ0) is 13.9. The molecule has 1 fully saturated rings. The van der Waals surface area contributed by atoms with Gasteiger partial charge < -0.3 is 4.74 Å². The number of sulfonamides is 1. The molecule has 1 aromatic carbocycles. The van der Waals surface area contributed by atoms with Crippen molar-refractivity contribution in [3.63, 3.8) is 0 Å². The highest BCUT2D eigenvalue weighted by molar-refractivity contribution is 9.10. The van der Waals surface area contributed by atoms with Crippen LogP contribution in [0.5, 0.6) is 0 Å². The molecule has 2 rings (SSSR count). The summed E-state index contributed by atoms with van der Waals surface area (Å²) in [4.78, 5) is 0.283. The minimum absolute atomic E-state index is 0.0213. The molecule has 6 heteroatoms. The van der Waals surface area contributed by atoms with Crippen LogP contribution in [0.25, 0.3) is 0 Å². The lowest BCUT2D eigenvalue weighted by Crippen LogP contribution is -2.39. The molecule has 0 saturated carbocycles. The summed E-state index contributed by atoms with van der Waals surface area (Å²) in [6.45, 7) is 3.94. The molecule has 1 aliphatic heterocycles. The minimum atomic E-state index is -3.47. The highest BCUT2D eigenvalue weighted by Gasteiger charge is 2.29. The van der Waals surface area contributed by atoms with Crippen molar-refractivity contribution in [3.05, 3.63) is 28.7 Å². The fraction of sp³-hybridized carbons (Fsp3) is 0.538. The van der Waals surface area contributed by atoms with Gasteiger partial charge in [-0.05, 0) is 46.3 Å². The average Bonchev–Trinajstić information content (AvgIpc) is 2.38. The molecule has 106 valence electrons. The Bertz CT molecular complexity index is 539. The van der Waals surface area contributed by atoms with Crippen LogP contribution in [0.15, 0.2) is 33.6 Å². The predicted octanol–water partition coefficient (Wildman–Crippen LogP) is 2.54. The van der Waals surface area contributed by atoms with Crippen LogP contribution in [-0.4, -0.2) is 28.2 Å². The number of benzene rings is 1. The van der Waals surface area contributed by atoms with Crippen molar-refractivity contribution in [3.8, 4) is 0 Å². The Balaban J connectivity index is 2.08. The largest absolute Gasteiger partial charge is 0.381 e. The van der Waals surface area contributed by atoms with Gasteiger partial charge in [0.1, 0.15) is 0 Å². The molecular formula is C13H18BrNO3S. The fourth-order valence-corrected chi connectivity index (χ4v) is 4.25. The smallest absolute Gasteiger partial charge is 0.241 e. The molecule has 0 bridgehead atoms. The van der Waals surface area contributed by atoms with E-state index in [1.54, 1.807) is 24.3 Å². The summed E-state index contributed by atoms with van der Waals surface area (Å²) in [6, 6.07) is 6.84. The molecule has 0 unspecified atom stereocenters. The standard InChI is InChI=1S/C13H18BrNO3S/c1-13(6-8-18-9-7-13)10-15-19(16,17)12-5-3-2-4-11(12)14/h2-5,15H,6-10H2,1H3. The van der Waals surface area contributed by atoms with E-state index in [-0.39, 0.29) is 10.3 Å². The first kappa shape index (κ1) is 15.0. The van der Waals surface area contributed by atoms with E-state index >= 15 is 0 Å². The normalized spacial score (nSPS) is 19.3. The maximum Gasteiger partial charge on any atom is 0.241 e. The molecule has 0 atom stereocenters. The molecule has 1 aliphatic rings. The van der Waals surface area contributed by atoms with E-state index in [9.17, 15) is 8.42 Å². The van der Waals surface area contributed by atoms with Gasteiger partial charge in [-0.3, -0.25) is 0 Å². The van der Waals surface area contributed by atoms with Crippen LogP contribution in [0.1, 0.15) is 19.8 Å². The summed E-state index contributed by atoms with van der Waals surface area (Å²) in [6.07, 6.45) is 1.76. The second-order valence-electron chi connectivity index (χ2n) is 5.18. The third kappa shape index (κ3) is 3.78. The third-order valence-electron chi connectivity index (χ3n) is 3.52. The fourth-order valence-electron chi connectivity index (χ4n) is 2.05. The third-order valence-corrected chi connectivity index (χ3v) is 5.93. The van der Waals surface area contributed by atoms with Gasteiger partial charge >= 0.3 is 0 Å². The quantitative estimate of drug-likeness (QED) is 0.910. The molecule has 0 radical (unpaired) electrons. The molecule has 0 amide bonds. The van der Waals surface area contributed by atoms with E-state index in [1.807, 2.05) is 0 Å². The monoisotopic (exact) mass is 347 g/mol. The minimum Gasteiger partial charge on any atom is -0.381 e. The molecule has 1 N–H and O–H groups in total. The van der Waals surface area contributed by atoms with Crippen molar-refractivity contribution < 1.29 is 13.2 Å². The Hall–Kier alpha value is -0.430. The summed E-state index contributed by atoms with van der Waals surface area (Å²) in [5.41, 5.74) is -0.0213. The highest BCUT2D eigenvalue weighted by Crippen LogP contribution is 2.29.